The highest BCUT2D eigenvalue weighted by atomic mass is 32.2. The molecule has 0 aromatic carbocycles. The first-order valence-corrected chi connectivity index (χ1v) is 10.8. The summed E-state index contributed by atoms with van der Waals surface area (Å²) in [4.78, 5) is 32.4. The molecule has 1 amide bonds. The molecule has 2 aromatic heterocycles. The van der Waals surface area contributed by atoms with Crippen molar-refractivity contribution >= 4 is 51.7 Å². The highest BCUT2D eigenvalue weighted by Gasteiger charge is 2.31. The lowest BCUT2D eigenvalue weighted by Gasteiger charge is -2.12. The van der Waals surface area contributed by atoms with Crippen molar-refractivity contribution in [3.05, 3.63) is 44.7 Å². The van der Waals surface area contributed by atoms with E-state index in [1.807, 2.05) is 32.9 Å². The van der Waals surface area contributed by atoms with Gasteiger partial charge in [0, 0.05) is 32.5 Å². The number of carbonyl (C=O) groups excluding carboxylic acids is 1. The van der Waals surface area contributed by atoms with Crippen molar-refractivity contribution in [2.24, 2.45) is 0 Å². The minimum Gasteiger partial charge on any atom is -0.382 e. The summed E-state index contributed by atoms with van der Waals surface area (Å²) in [6, 6.07) is 3.72. The van der Waals surface area contributed by atoms with Crippen LogP contribution in [0.4, 0.5) is 5.82 Å². The number of rotatable bonds is 8. The largest absolute Gasteiger partial charge is 0.382 e. The zero-order chi connectivity index (χ0) is 21.0. The molecule has 0 atom stereocenters. The molecule has 1 aliphatic heterocycles. The van der Waals surface area contributed by atoms with Crippen molar-refractivity contribution in [2.75, 3.05) is 31.6 Å². The van der Waals surface area contributed by atoms with E-state index in [0.29, 0.717) is 52.6 Å². The molecule has 1 saturated heterocycles. The van der Waals surface area contributed by atoms with Gasteiger partial charge in [0.05, 0.1) is 10.5 Å². The number of hydrogen-bond donors (Lipinski definition) is 1. The predicted molar refractivity (Wildman–Crippen MR) is 121 cm³/mol. The van der Waals surface area contributed by atoms with E-state index in [-0.39, 0.29) is 11.5 Å². The van der Waals surface area contributed by atoms with Gasteiger partial charge in [-0.3, -0.25) is 18.9 Å². The number of pyridine rings is 1. The zero-order valence-electron chi connectivity index (χ0n) is 16.7. The van der Waals surface area contributed by atoms with Crippen molar-refractivity contribution in [1.82, 2.24) is 14.3 Å². The number of aromatic nitrogens is 2. The Balaban J connectivity index is 2.03. The summed E-state index contributed by atoms with van der Waals surface area (Å²) in [5.74, 6) is 0.274. The first-order chi connectivity index (χ1) is 14.0. The number of thiocarbonyl (C=S) groups is 1. The van der Waals surface area contributed by atoms with E-state index in [1.54, 1.807) is 12.3 Å². The number of carbonyl (C=O) groups is 1. The lowest BCUT2D eigenvalue weighted by atomic mass is 10.2. The van der Waals surface area contributed by atoms with E-state index >= 15 is 0 Å². The van der Waals surface area contributed by atoms with Gasteiger partial charge in [-0.2, -0.15) is 0 Å². The number of ether oxygens (including phenoxy) is 1. The molecule has 7 nitrogen and oxygen atoms in total. The van der Waals surface area contributed by atoms with Crippen LogP contribution in [0, 0.1) is 6.92 Å². The van der Waals surface area contributed by atoms with Crippen LogP contribution < -0.4 is 10.9 Å². The van der Waals surface area contributed by atoms with Crippen LogP contribution in [-0.4, -0.2) is 50.8 Å². The smallest absolute Gasteiger partial charge is 0.267 e. The molecule has 1 N–H and O–H groups in total. The van der Waals surface area contributed by atoms with Gasteiger partial charge in [0.25, 0.3) is 11.5 Å². The molecule has 9 heteroatoms. The number of hydrogen-bond acceptors (Lipinski definition) is 7. The van der Waals surface area contributed by atoms with Gasteiger partial charge < -0.3 is 10.1 Å². The van der Waals surface area contributed by atoms with Crippen LogP contribution in [0.25, 0.3) is 11.7 Å². The van der Waals surface area contributed by atoms with Crippen LogP contribution in [0.2, 0.25) is 0 Å². The van der Waals surface area contributed by atoms with Crippen LogP contribution in [0.3, 0.4) is 0 Å². The average Bonchev–Trinajstić information content (AvgIpc) is 2.97. The minimum atomic E-state index is -0.229. The summed E-state index contributed by atoms with van der Waals surface area (Å²) in [5, 5.41) is 3.23. The molecule has 0 saturated carbocycles. The van der Waals surface area contributed by atoms with Crippen LogP contribution in [0.15, 0.2) is 28.0 Å². The third kappa shape index (κ3) is 4.68. The SMILES string of the molecule is CCOCCCNc1nc2ccc(C)cn2c(=O)c1/C=C1/SC(=S)N(CC)C1=O. The number of amides is 1. The molecule has 2 aromatic rings. The molecule has 0 spiro atoms. The number of fused-ring (bicyclic) bond motifs is 1. The normalized spacial score (nSPS) is 15.7. The fourth-order valence-electron chi connectivity index (χ4n) is 2.95. The third-order valence-electron chi connectivity index (χ3n) is 4.43. The highest BCUT2D eigenvalue weighted by molar-refractivity contribution is 8.26. The Kier molecular flexibility index (Phi) is 7.05. The highest BCUT2D eigenvalue weighted by Crippen LogP contribution is 2.32. The summed E-state index contributed by atoms with van der Waals surface area (Å²) >= 11 is 6.49. The number of thioether (sulfide) groups is 1. The maximum atomic E-state index is 13.2. The molecule has 0 unspecified atom stereocenters. The number of nitrogens with zero attached hydrogens (tertiary/aromatic N) is 3. The summed E-state index contributed by atoms with van der Waals surface area (Å²) in [5.41, 5.74) is 1.61. The summed E-state index contributed by atoms with van der Waals surface area (Å²) in [7, 11) is 0. The zero-order valence-corrected chi connectivity index (χ0v) is 18.4. The fraction of sp³-hybridized carbons (Fsp3) is 0.400. The lowest BCUT2D eigenvalue weighted by Crippen LogP contribution is -2.27. The topological polar surface area (TPSA) is 75.9 Å². The first-order valence-electron chi connectivity index (χ1n) is 9.56. The second-order valence-electron chi connectivity index (χ2n) is 6.52. The van der Waals surface area contributed by atoms with Gasteiger partial charge in [-0.15, -0.1) is 0 Å². The summed E-state index contributed by atoms with van der Waals surface area (Å²) in [6.45, 7) is 8.13. The quantitative estimate of drug-likeness (QED) is 0.390. The first kappa shape index (κ1) is 21.5. The third-order valence-corrected chi connectivity index (χ3v) is 5.81. The van der Waals surface area contributed by atoms with E-state index < -0.39 is 0 Å². The summed E-state index contributed by atoms with van der Waals surface area (Å²) in [6.07, 6.45) is 4.13. The van der Waals surface area contributed by atoms with Crippen LogP contribution in [0.5, 0.6) is 0 Å². The van der Waals surface area contributed by atoms with E-state index in [9.17, 15) is 9.59 Å². The van der Waals surface area contributed by atoms with Crippen molar-refractivity contribution in [3.8, 4) is 0 Å². The molecule has 0 bridgehead atoms. The standard InChI is InChI=1S/C20H24N4O3S2/c1-4-23-19(26)15(29-20(23)28)11-14-17(21-9-6-10-27-5-2)22-16-8-7-13(3)12-24(16)18(14)25/h7-8,11-12,21H,4-6,9-10H2,1-3H3/b15-11+. The Morgan fingerprint density at radius 3 is 2.79 bits per heavy atom. The average molecular weight is 433 g/mol. The van der Waals surface area contributed by atoms with Crippen molar-refractivity contribution in [3.63, 3.8) is 0 Å². The summed E-state index contributed by atoms with van der Waals surface area (Å²) < 4.78 is 7.37. The van der Waals surface area contributed by atoms with E-state index in [4.69, 9.17) is 17.0 Å². The predicted octanol–water partition coefficient (Wildman–Crippen LogP) is 3.06. The Morgan fingerprint density at radius 1 is 1.31 bits per heavy atom. The van der Waals surface area contributed by atoms with Gasteiger partial charge >= 0.3 is 0 Å². The van der Waals surface area contributed by atoms with Gasteiger partial charge in [-0.1, -0.05) is 30.0 Å². The second kappa shape index (κ2) is 9.51. The second-order valence-corrected chi connectivity index (χ2v) is 8.19. The van der Waals surface area contributed by atoms with E-state index in [2.05, 4.69) is 10.3 Å². The number of nitrogens with one attached hydrogen (secondary N) is 1. The maximum absolute atomic E-state index is 13.2. The van der Waals surface area contributed by atoms with E-state index in [1.165, 1.54) is 21.1 Å². The van der Waals surface area contributed by atoms with Gasteiger partial charge in [0.1, 0.15) is 15.8 Å². The molecular weight excluding hydrogens is 408 g/mol. The molecule has 154 valence electrons. The van der Waals surface area contributed by atoms with Gasteiger partial charge in [0.2, 0.25) is 0 Å². The van der Waals surface area contributed by atoms with Crippen molar-refractivity contribution in [1.29, 1.82) is 0 Å². The van der Waals surface area contributed by atoms with Crippen LogP contribution >= 0.6 is 24.0 Å². The lowest BCUT2D eigenvalue weighted by molar-refractivity contribution is -0.121. The number of anilines is 1. The molecule has 3 heterocycles. The molecule has 29 heavy (non-hydrogen) atoms. The van der Waals surface area contributed by atoms with Gasteiger partial charge in [-0.05, 0) is 44.9 Å². The van der Waals surface area contributed by atoms with Gasteiger partial charge in [-0.25, -0.2) is 4.98 Å². The maximum Gasteiger partial charge on any atom is 0.267 e. The van der Waals surface area contributed by atoms with Crippen LogP contribution in [-0.2, 0) is 9.53 Å². The van der Waals surface area contributed by atoms with E-state index in [0.717, 1.165) is 12.0 Å². The Hall–Kier alpha value is -2.23. The Morgan fingerprint density at radius 2 is 2.10 bits per heavy atom. The minimum absolute atomic E-state index is 0.182. The Labute approximate surface area is 179 Å². The monoisotopic (exact) mass is 432 g/mol. The molecule has 0 radical (unpaired) electrons. The molecule has 3 rings (SSSR count). The molecule has 1 aliphatic rings. The van der Waals surface area contributed by atoms with Crippen molar-refractivity contribution < 1.29 is 9.53 Å². The van der Waals surface area contributed by atoms with Gasteiger partial charge in [0.15, 0.2) is 0 Å². The molecule has 1 fully saturated rings. The molecular formula is C20H24N4O3S2. The number of likely N-dealkylation sites (N-methyl/N-ethyl adjacent to an activating group) is 1. The molecule has 0 aliphatic carbocycles. The Bertz CT molecular complexity index is 1030. The van der Waals surface area contributed by atoms with Crippen LogP contribution in [0.1, 0.15) is 31.4 Å². The number of aryl methyl sites for hydroxylation is 1. The van der Waals surface area contributed by atoms with Crippen molar-refractivity contribution in [2.45, 2.75) is 27.2 Å². The fourth-order valence-corrected chi connectivity index (χ4v) is 4.32.